The molecule has 3 rings (SSSR count). The quantitative estimate of drug-likeness (QED) is 0.728. The molecule has 1 fully saturated rings. The van der Waals surface area contributed by atoms with Gasteiger partial charge in [-0.25, -0.2) is 0 Å². The average Bonchev–Trinajstić information content (AvgIpc) is 3.17. The van der Waals surface area contributed by atoms with Gasteiger partial charge in [0.25, 0.3) is 0 Å². The number of carbonyl (C=O) groups excluding carboxylic acids is 3. The Labute approximate surface area is 158 Å². The highest BCUT2D eigenvalue weighted by Crippen LogP contribution is 2.20. The largest absolute Gasteiger partial charge is 0.368 e. The molecule has 0 saturated carbocycles. The number of primary amides is 1. The zero-order chi connectivity index (χ0) is 19.2. The predicted molar refractivity (Wildman–Crippen MR) is 102 cm³/mol. The maximum absolute atomic E-state index is 12.4. The summed E-state index contributed by atoms with van der Waals surface area (Å²) in [6.45, 7) is 0.559. The molecule has 1 saturated heterocycles. The minimum atomic E-state index is -0.811. The van der Waals surface area contributed by atoms with E-state index in [1.165, 1.54) is 4.90 Å². The van der Waals surface area contributed by atoms with Crippen molar-refractivity contribution in [2.45, 2.75) is 31.3 Å². The minimum absolute atomic E-state index is 0.309. The van der Waals surface area contributed by atoms with E-state index in [1.54, 1.807) is 0 Å². The number of nitrogens with one attached hydrogen (secondary N) is 1. The molecule has 3 amide bonds. The predicted octanol–water partition coefficient (Wildman–Crippen LogP) is 1.49. The van der Waals surface area contributed by atoms with Crippen LogP contribution in [0.15, 0.2) is 54.6 Å². The zero-order valence-electron chi connectivity index (χ0n) is 15.0. The molecule has 0 aromatic heterocycles. The molecule has 140 valence electrons. The molecule has 1 unspecified atom stereocenters. The van der Waals surface area contributed by atoms with E-state index >= 15 is 0 Å². The number of carbonyl (C=O) groups is 3. The van der Waals surface area contributed by atoms with Crippen molar-refractivity contribution < 1.29 is 14.4 Å². The summed E-state index contributed by atoms with van der Waals surface area (Å²) in [7, 11) is 0. The fraction of sp³-hybridized carbons (Fsp3) is 0.286. The Hall–Kier alpha value is -3.15. The monoisotopic (exact) mass is 365 g/mol. The van der Waals surface area contributed by atoms with Crippen LogP contribution >= 0.6 is 0 Å². The van der Waals surface area contributed by atoms with Crippen molar-refractivity contribution in [1.82, 2.24) is 10.2 Å². The van der Waals surface area contributed by atoms with Gasteiger partial charge in [0.05, 0.1) is 0 Å². The molecule has 1 aliphatic rings. The number of likely N-dealkylation sites (tertiary alicyclic amines) is 1. The zero-order valence-corrected chi connectivity index (χ0v) is 15.0. The van der Waals surface area contributed by atoms with Gasteiger partial charge in [-0.2, -0.15) is 0 Å². The molecule has 0 radical (unpaired) electrons. The molecule has 3 N–H and O–H groups in total. The maximum atomic E-state index is 12.4. The molecule has 1 heterocycles. The van der Waals surface area contributed by atoms with Gasteiger partial charge in [-0.05, 0) is 29.5 Å². The fourth-order valence-corrected chi connectivity index (χ4v) is 3.39. The summed E-state index contributed by atoms with van der Waals surface area (Å²) in [6, 6.07) is 16.5. The van der Waals surface area contributed by atoms with Crippen LogP contribution in [0.1, 0.15) is 18.4 Å². The Morgan fingerprint density at radius 1 is 1.11 bits per heavy atom. The van der Waals surface area contributed by atoms with Gasteiger partial charge in [0.1, 0.15) is 12.1 Å². The summed E-state index contributed by atoms with van der Waals surface area (Å²) in [4.78, 5) is 36.8. The van der Waals surface area contributed by atoms with Crippen molar-refractivity contribution in [2.24, 2.45) is 5.73 Å². The van der Waals surface area contributed by atoms with E-state index in [-0.39, 0.29) is 5.91 Å². The summed E-state index contributed by atoms with van der Waals surface area (Å²) in [6.07, 6.45) is 2.36. The molecule has 0 aliphatic carbocycles. The SMILES string of the molecule is NC(=O)[C@@H](Cc1ccc(-c2ccccc2)cc1)NC(=O)C1CCCN1C=O. The lowest BCUT2D eigenvalue weighted by atomic mass is 10.00. The Morgan fingerprint density at radius 3 is 2.41 bits per heavy atom. The third-order valence-electron chi connectivity index (χ3n) is 4.89. The van der Waals surface area contributed by atoms with Crippen molar-refractivity contribution in [2.75, 3.05) is 6.54 Å². The summed E-state index contributed by atoms with van der Waals surface area (Å²) in [5, 5.41) is 2.70. The molecule has 2 aromatic carbocycles. The van der Waals surface area contributed by atoms with Crippen LogP contribution in [0, 0.1) is 0 Å². The van der Waals surface area contributed by atoms with Crippen LogP contribution in [0.3, 0.4) is 0 Å². The van der Waals surface area contributed by atoms with Crippen molar-refractivity contribution in [3.8, 4) is 11.1 Å². The topological polar surface area (TPSA) is 92.5 Å². The van der Waals surface area contributed by atoms with Crippen LogP contribution in [-0.4, -0.2) is 41.8 Å². The summed E-state index contributed by atoms with van der Waals surface area (Å²) in [5.74, 6) is -0.921. The van der Waals surface area contributed by atoms with Crippen LogP contribution in [-0.2, 0) is 20.8 Å². The van der Waals surface area contributed by atoms with Crippen LogP contribution in [0.2, 0.25) is 0 Å². The first-order valence-electron chi connectivity index (χ1n) is 9.03. The molecule has 27 heavy (non-hydrogen) atoms. The molecule has 6 heteroatoms. The molecule has 6 nitrogen and oxygen atoms in total. The Bertz CT molecular complexity index is 805. The number of amides is 3. The first-order valence-corrected chi connectivity index (χ1v) is 9.03. The highest BCUT2D eigenvalue weighted by Gasteiger charge is 2.31. The lowest BCUT2D eigenvalue weighted by molar-refractivity contribution is -0.133. The maximum Gasteiger partial charge on any atom is 0.243 e. The van der Waals surface area contributed by atoms with Crippen molar-refractivity contribution in [3.63, 3.8) is 0 Å². The molecule has 2 aromatic rings. The highest BCUT2D eigenvalue weighted by molar-refractivity contribution is 5.90. The normalized spacial score (nSPS) is 17.3. The second kappa shape index (κ2) is 8.49. The van der Waals surface area contributed by atoms with E-state index in [2.05, 4.69) is 5.32 Å². The first-order chi connectivity index (χ1) is 13.1. The Morgan fingerprint density at radius 2 is 1.78 bits per heavy atom. The third kappa shape index (κ3) is 4.53. The second-order valence-corrected chi connectivity index (χ2v) is 6.73. The van der Waals surface area contributed by atoms with Crippen molar-refractivity contribution >= 4 is 18.2 Å². The van der Waals surface area contributed by atoms with E-state index in [9.17, 15) is 14.4 Å². The standard InChI is InChI=1S/C21H23N3O3/c22-20(26)18(23-21(27)19-7-4-12-24(19)14-25)13-15-8-10-17(11-9-15)16-5-2-1-3-6-16/h1-3,5-6,8-11,14,18-19H,4,7,12-13H2,(H2,22,26)(H,23,27)/t18-,19?/m1/s1. The highest BCUT2D eigenvalue weighted by atomic mass is 16.2. The van der Waals surface area contributed by atoms with Gasteiger partial charge >= 0.3 is 0 Å². The molecule has 0 bridgehead atoms. The van der Waals surface area contributed by atoms with Crippen LogP contribution in [0.25, 0.3) is 11.1 Å². The Balaban J connectivity index is 1.66. The van der Waals surface area contributed by atoms with E-state index in [4.69, 9.17) is 5.73 Å². The first kappa shape index (κ1) is 18.6. The number of rotatable bonds is 7. The Kier molecular flexibility index (Phi) is 5.86. The smallest absolute Gasteiger partial charge is 0.243 e. The molecular formula is C21H23N3O3. The second-order valence-electron chi connectivity index (χ2n) is 6.73. The van der Waals surface area contributed by atoms with Gasteiger partial charge in [0.15, 0.2) is 0 Å². The summed E-state index contributed by atoms with van der Waals surface area (Å²) < 4.78 is 0. The molecule has 2 atom stereocenters. The number of nitrogens with zero attached hydrogens (tertiary/aromatic N) is 1. The summed E-state index contributed by atoms with van der Waals surface area (Å²) >= 11 is 0. The lowest BCUT2D eigenvalue weighted by Crippen LogP contribution is -2.51. The minimum Gasteiger partial charge on any atom is -0.368 e. The van der Waals surface area contributed by atoms with E-state index in [1.807, 2.05) is 54.6 Å². The summed E-state index contributed by atoms with van der Waals surface area (Å²) in [5.41, 5.74) is 8.57. The van der Waals surface area contributed by atoms with Gasteiger partial charge in [0.2, 0.25) is 18.2 Å². The molecule has 1 aliphatic heterocycles. The van der Waals surface area contributed by atoms with E-state index in [0.29, 0.717) is 25.8 Å². The van der Waals surface area contributed by atoms with E-state index in [0.717, 1.165) is 23.1 Å². The average molecular weight is 365 g/mol. The fourth-order valence-electron chi connectivity index (χ4n) is 3.39. The van der Waals surface area contributed by atoms with Gasteiger partial charge in [-0.1, -0.05) is 54.6 Å². The van der Waals surface area contributed by atoms with Crippen molar-refractivity contribution in [1.29, 1.82) is 0 Å². The third-order valence-corrected chi connectivity index (χ3v) is 4.89. The molecule has 0 spiro atoms. The van der Waals surface area contributed by atoms with Crippen molar-refractivity contribution in [3.05, 3.63) is 60.2 Å². The number of hydrogen-bond donors (Lipinski definition) is 2. The van der Waals surface area contributed by atoms with Gasteiger partial charge < -0.3 is 16.0 Å². The van der Waals surface area contributed by atoms with Crippen LogP contribution < -0.4 is 11.1 Å². The van der Waals surface area contributed by atoms with Crippen LogP contribution in [0.4, 0.5) is 0 Å². The van der Waals surface area contributed by atoms with Crippen LogP contribution in [0.5, 0.6) is 0 Å². The van der Waals surface area contributed by atoms with Gasteiger partial charge in [-0.3, -0.25) is 14.4 Å². The number of benzene rings is 2. The van der Waals surface area contributed by atoms with Gasteiger partial charge in [0, 0.05) is 13.0 Å². The number of nitrogens with two attached hydrogens (primary N) is 1. The molecular weight excluding hydrogens is 342 g/mol. The van der Waals surface area contributed by atoms with E-state index < -0.39 is 18.0 Å². The number of hydrogen-bond acceptors (Lipinski definition) is 3. The lowest BCUT2D eigenvalue weighted by Gasteiger charge is -2.22. The van der Waals surface area contributed by atoms with Gasteiger partial charge in [-0.15, -0.1) is 0 Å².